The Morgan fingerprint density at radius 2 is 2.15 bits per heavy atom. The number of rotatable bonds is 6. The SMILES string of the molecule is CCC1CC(C(=O)O)C(C(=O)NCCc2ccco2)C1. The average Bonchev–Trinajstić information content (AvgIpc) is 3.07. The summed E-state index contributed by atoms with van der Waals surface area (Å²) >= 11 is 0. The quantitative estimate of drug-likeness (QED) is 0.835. The van der Waals surface area contributed by atoms with E-state index in [1.54, 1.807) is 12.3 Å². The van der Waals surface area contributed by atoms with Crippen LogP contribution < -0.4 is 5.32 Å². The summed E-state index contributed by atoms with van der Waals surface area (Å²) in [7, 11) is 0. The Morgan fingerprint density at radius 1 is 1.40 bits per heavy atom. The molecule has 1 fully saturated rings. The molecule has 1 aliphatic rings. The van der Waals surface area contributed by atoms with E-state index in [4.69, 9.17) is 4.42 Å². The van der Waals surface area contributed by atoms with Crippen LogP contribution in [0.25, 0.3) is 0 Å². The molecule has 0 aromatic carbocycles. The van der Waals surface area contributed by atoms with Crippen molar-refractivity contribution in [3.8, 4) is 0 Å². The zero-order valence-corrected chi connectivity index (χ0v) is 11.7. The minimum atomic E-state index is -0.855. The summed E-state index contributed by atoms with van der Waals surface area (Å²) in [6, 6.07) is 3.66. The van der Waals surface area contributed by atoms with E-state index in [0.717, 1.165) is 12.2 Å². The normalized spacial score (nSPS) is 25.6. The van der Waals surface area contributed by atoms with Crippen LogP contribution >= 0.6 is 0 Å². The van der Waals surface area contributed by atoms with Crippen molar-refractivity contribution in [3.63, 3.8) is 0 Å². The highest BCUT2D eigenvalue weighted by atomic mass is 16.4. The van der Waals surface area contributed by atoms with Crippen LogP contribution in [0.1, 0.15) is 31.9 Å². The largest absolute Gasteiger partial charge is 0.481 e. The van der Waals surface area contributed by atoms with Crippen molar-refractivity contribution in [2.45, 2.75) is 32.6 Å². The molecule has 1 aromatic heterocycles. The summed E-state index contributed by atoms with van der Waals surface area (Å²) in [4.78, 5) is 23.4. The first-order valence-electron chi connectivity index (χ1n) is 7.14. The summed E-state index contributed by atoms with van der Waals surface area (Å²) in [5.74, 6) is -0.764. The highest BCUT2D eigenvalue weighted by molar-refractivity contribution is 5.85. The van der Waals surface area contributed by atoms with E-state index < -0.39 is 17.8 Å². The maximum atomic E-state index is 12.1. The third-order valence-electron chi connectivity index (χ3n) is 4.14. The molecule has 0 saturated heterocycles. The second-order valence-corrected chi connectivity index (χ2v) is 5.42. The molecule has 0 radical (unpaired) electrons. The minimum Gasteiger partial charge on any atom is -0.481 e. The lowest BCUT2D eigenvalue weighted by Crippen LogP contribution is -2.36. The molecule has 1 heterocycles. The first-order valence-corrected chi connectivity index (χ1v) is 7.14. The number of furan rings is 1. The van der Waals surface area contributed by atoms with Crippen LogP contribution in [0.15, 0.2) is 22.8 Å². The first kappa shape index (κ1) is 14.6. The van der Waals surface area contributed by atoms with Gasteiger partial charge in [0.1, 0.15) is 5.76 Å². The van der Waals surface area contributed by atoms with Crippen LogP contribution in [0.4, 0.5) is 0 Å². The molecule has 0 bridgehead atoms. The van der Waals surface area contributed by atoms with Gasteiger partial charge in [-0.3, -0.25) is 9.59 Å². The van der Waals surface area contributed by atoms with Gasteiger partial charge in [0, 0.05) is 13.0 Å². The first-order chi connectivity index (χ1) is 9.61. The molecule has 3 unspecified atom stereocenters. The van der Waals surface area contributed by atoms with Crippen LogP contribution in [0.3, 0.4) is 0 Å². The van der Waals surface area contributed by atoms with Crippen molar-refractivity contribution in [1.82, 2.24) is 5.32 Å². The lowest BCUT2D eigenvalue weighted by atomic mass is 9.95. The van der Waals surface area contributed by atoms with Crippen LogP contribution in [0.2, 0.25) is 0 Å². The third kappa shape index (κ3) is 3.40. The van der Waals surface area contributed by atoms with Crippen molar-refractivity contribution in [2.24, 2.45) is 17.8 Å². The smallest absolute Gasteiger partial charge is 0.307 e. The Balaban J connectivity index is 1.85. The van der Waals surface area contributed by atoms with Crippen LogP contribution in [-0.2, 0) is 16.0 Å². The van der Waals surface area contributed by atoms with Crippen molar-refractivity contribution in [1.29, 1.82) is 0 Å². The van der Waals surface area contributed by atoms with Gasteiger partial charge in [-0.2, -0.15) is 0 Å². The van der Waals surface area contributed by atoms with Crippen LogP contribution in [-0.4, -0.2) is 23.5 Å². The summed E-state index contributed by atoms with van der Waals surface area (Å²) < 4.78 is 5.19. The predicted octanol–water partition coefficient (Wildman–Crippen LogP) is 2.08. The molecule has 1 aromatic rings. The Morgan fingerprint density at radius 3 is 2.75 bits per heavy atom. The summed E-state index contributed by atoms with van der Waals surface area (Å²) in [6.45, 7) is 2.52. The maximum absolute atomic E-state index is 12.1. The lowest BCUT2D eigenvalue weighted by Gasteiger charge is -2.15. The van der Waals surface area contributed by atoms with E-state index in [2.05, 4.69) is 5.32 Å². The molecular weight excluding hydrogens is 258 g/mol. The van der Waals surface area contributed by atoms with E-state index in [1.807, 2.05) is 13.0 Å². The number of carboxylic acids is 1. The predicted molar refractivity (Wildman–Crippen MR) is 73.1 cm³/mol. The van der Waals surface area contributed by atoms with Gasteiger partial charge in [-0.1, -0.05) is 13.3 Å². The Bertz CT molecular complexity index is 454. The van der Waals surface area contributed by atoms with Crippen molar-refractivity contribution in [3.05, 3.63) is 24.2 Å². The topological polar surface area (TPSA) is 79.5 Å². The molecule has 3 atom stereocenters. The van der Waals surface area contributed by atoms with E-state index in [0.29, 0.717) is 31.7 Å². The van der Waals surface area contributed by atoms with Gasteiger partial charge in [-0.25, -0.2) is 0 Å². The van der Waals surface area contributed by atoms with E-state index in [1.165, 1.54) is 0 Å². The Hall–Kier alpha value is -1.78. The van der Waals surface area contributed by atoms with Crippen LogP contribution in [0, 0.1) is 17.8 Å². The third-order valence-corrected chi connectivity index (χ3v) is 4.14. The molecular formula is C15H21NO4. The molecule has 5 heteroatoms. The van der Waals surface area contributed by atoms with E-state index in [9.17, 15) is 14.7 Å². The van der Waals surface area contributed by atoms with Crippen molar-refractivity contribution in [2.75, 3.05) is 6.54 Å². The number of hydrogen-bond donors (Lipinski definition) is 2. The molecule has 2 N–H and O–H groups in total. The standard InChI is InChI=1S/C15H21NO4/c1-2-10-8-12(13(9-10)15(18)19)14(17)16-6-5-11-4-3-7-20-11/h3-4,7,10,12-13H,2,5-6,8-9H2,1H3,(H,16,17)(H,18,19). The van der Waals surface area contributed by atoms with E-state index in [-0.39, 0.29) is 5.91 Å². The number of nitrogens with one attached hydrogen (secondary N) is 1. The minimum absolute atomic E-state index is 0.139. The summed E-state index contributed by atoms with van der Waals surface area (Å²) in [6.07, 6.45) is 4.45. The molecule has 1 saturated carbocycles. The van der Waals surface area contributed by atoms with Gasteiger partial charge in [-0.15, -0.1) is 0 Å². The molecule has 0 aliphatic heterocycles. The average molecular weight is 279 g/mol. The van der Waals surface area contributed by atoms with Crippen LogP contribution in [0.5, 0.6) is 0 Å². The Kier molecular flexibility index (Phi) is 4.82. The van der Waals surface area contributed by atoms with Gasteiger partial charge >= 0.3 is 5.97 Å². The van der Waals surface area contributed by atoms with Crippen molar-refractivity contribution < 1.29 is 19.1 Å². The van der Waals surface area contributed by atoms with E-state index >= 15 is 0 Å². The number of carboxylic acid groups (broad SMARTS) is 1. The molecule has 20 heavy (non-hydrogen) atoms. The fraction of sp³-hybridized carbons (Fsp3) is 0.600. The lowest BCUT2D eigenvalue weighted by molar-refractivity contribution is -0.146. The highest BCUT2D eigenvalue weighted by Crippen LogP contribution is 2.38. The highest BCUT2D eigenvalue weighted by Gasteiger charge is 2.41. The molecule has 2 rings (SSSR count). The number of amides is 1. The molecule has 110 valence electrons. The van der Waals surface area contributed by atoms with Gasteiger partial charge in [-0.05, 0) is 30.9 Å². The second kappa shape index (κ2) is 6.59. The number of carbonyl (C=O) groups is 2. The van der Waals surface area contributed by atoms with Crippen molar-refractivity contribution >= 4 is 11.9 Å². The fourth-order valence-corrected chi connectivity index (χ4v) is 2.93. The fourth-order valence-electron chi connectivity index (χ4n) is 2.93. The summed E-state index contributed by atoms with van der Waals surface area (Å²) in [5.41, 5.74) is 0. The summed E-state index contributed by atoms with van der Waals surface area (Å²) in [5, 5.41) is 12.1. The van der Waals surface area contributed by atoms with Gasteiger partial charge in [0.05, 0.1) is 18.1 Å². The monoisotopic (exact) mass is 279 g/mol. The molecule has 0 spiro atoms. The van der Waals surface area contributed by atoms with Gasteiger partial charge in [0.2, 0.25) is 5.91 Å². The number of hydrogen-bond acceptors (Lipinski definition) is 3. The van der Waals surface area contributed by atoms with Gasteiger partial charge < -0.3 is 14.8 Å². The zero-order chi connectivity index (χ0) is 14.5. The van der Waals surface area contributed by atoms with Gasteiger partial charge in [0.15, 0.2) is 0 Å². The zero-order valence-electron chi connectivity index (χ0n) is 11.7. The molecule has 5 nitrogen and oxygen atoms in total. The molecule has 1 amide bonds. The second-order valence-electron chi connectivity index (χ2n) is 5.42. The number of aliphatic carboxylic acids is 1. The molecule has 1 aliphatic carbocycles. The maximum Gasteiger partial charge on any atom is 0.307 e. The van der Waals surface area contributed by atoms with Gasteiger partial charge in [0.25, 0.3) is 0 Å². The Labute approximate surface area is 118 Å². The number of carbonyl (C=O) groups excluding carboxylic acids is 1.